The molecule has 0 spiro atoms. The molecule has 2 heterocycles. The van der Waals surface area contributed by atoms with E-state index in [1.165, 1.54) is 11.1 Å². The third kappa shape index (κ3) is 4.99. The molecule has 1 aliphatic carbocycles. The van der Waals surface area contributed by atoms with Crippen molar-refractivity contribution < 1.29 is 23.6 Å². The molecule has 1 N–H and O–H groups in total. The summed E-state index contributed by atoms with van der Waals surface area (Å²) in [5.74, 6) is -0.549. The normalized spacial score (nSPS) is 17.2. The van der Waals surface area contributed by atoms with Crippen LogP contribution in [-0.2, 0) is 22.4 Å². The minimum absolute atomic E-state index is 0.0134. The first-order valence-electron chi connectivity index (χ1n) is 11.1. The molecule has 172 valence electrons. The number of benzene rings is 2. The number of H-pyrrole nitrogens is 1. The van der Waals surface area contributed by atoms with Crippen molar-refractivity contribution in [3.63, 3.8) is 0 Å². The molecule has 9 nitrogen and oxygen atoms in total. The molecule has 1 aromatic heterocycles. The molecular weight excluding hydrogens is 426 g/mol. The number of nitrogens with zero attached hydrogens (tertiary/aromatic N) is 2. The minimum atomic E-state index is -0.664. The summed E-state index contributed by atoms with van der Waals surface area (Å²) in [7, 11) is 0. The highest BCUT2D eigenvalue weighted by atomic mass is 16.8. The summed E-state index contributed by atoms with van der Waals surface area (Å²) in [5.41, 5.74) is 3.91. The molecule has 2 aliphatic rings. The maximum absolute atomic E-state index is 12.5. The van der Waals surface area contributed by atoms with Crippen molar-refractivity contribution in [3.8, 4) is 0 Å². The van der Waals surface area contributed by atoms with Gasteiger partial charge in [0.25, 0.3) is 0 Å². The summed E-state index contributed by atoms with van der Waals surface area (Å²) in [6.45, 7) is 3.07. The van der Waals surface area contributed by atoms with E-state index in [0.717, 1.165) is 12.8 Å². The van der Waals surface area contributed by atoms with Crippen LogP contribution in [0.4, 0.5) is 4.79 Å². The Morgan fingerprint density at radius 3 is 2.48 bits per heavy atom. The van der Waals surface area contributed by atoms with E-state index in [1.807, 2.05) is 12.1 Å². The molecule has 9 heteroatoms. The van der Waals surface area contributed by atoms with Crippen molar-refractivity contribution in [3.05, 3.63) is 69.7 Å². The van der Waals surface area contributed by atoms with Crippen LogP contribution in [0.3, 0.4) is 0 Å². The molecule has 5 rings (SSSR count). The molecule has 0 amide bonds. The van der Waals surface area contributed by atoms with Crippen molar-refractivity contribution in [1.29, 1.82) is 0 Å². The van der Waals surface area contributed by atoms with E-state index in [4.69, 9.17) is 14.0 Å². The predicted molar refractivity (Wildman–Crippen MR) is 119 cm³/mol. The lowest BCUT2D eigenvalue weighted by Gasteiger charge is -2.32. The molecule has 1 saturated heterocycles. The smallest absolute Gasteiger partial charge is 0.429 e. The third-order valence-corrected chi connectivity index (χ3v) is 6.21. The van der Waals surface area contributed by atoms with Crippen LogP contribution >= 0.6 is 0 Å². The Morgan fingerprint density at radius 1 is 1.03 bits per heavy atom. The topological polar surface area (TPSA) is 105 Å². The number of hydrogen-bond acceptors (Lipinski definition) is 8. The molecule has 0 atom stereocenters. The number of fused-ring (bicyclic) bond motifs is 2. The quantitative estimate of drug-likeness (QED) is 0.450. The molecule has 0 saturated carbocycles. The van der Waals surface area contributed by atoms with Gasteiger partial charge in [0, 0.05) is 57.5 Å². The van der Waals surface area contributed by atoms with Crippen LogP contribution in [0, 0.1) is 0 Å². The Kier molecular flexibility index (Phi) is 5.97. The van der Waals surface area contributed by atoms with Gasteiger partial charge < -0.3 is 18.9 Å². The van der Waals surface area contributed by atoms with Gasteiger partial charge in [-0.3, -0.25) is 9.78 Å². The molecule has 1 aliphatic heterocycles. The van der Waals surface area contributed by atoms with Gasteiger partial charge in [0.05, 0.1) is 5.52 Å². The summed E-state index contributed by atoms with van der Waals surface area (Å²) in [4.78, 5) is 46.1. The number of piperazine rings is 1. The first-order chi connectivity index (χ1) is 16.0. The Morgan fingerprint density at radius 2 is 1.76 bits per heavy atom. The van der Waals surface area contributed by atoms with Crippen LogP contribution in [0.25, 0.3) is 11.1 Å². The number of oxazole rings is 1. The second-order valence-electron chi connectivity index (χ2n) is 8.43. The second kappa shape index (κ2) is 9.21. The number of ether oxygens (including phenoxy) is 1. The van der Waals surface area contributed by atoms with Crippen molar-refractivity contribution in [1.82, 2.24) is 14.9 Å². The molecule has 0 unspecified atom stereocenters. The monoisotopic (exact) mass is 451 g/mol. The summed E-state index contributed by atoms with van der Waals surface area (Å²) in [6.07, 6.45) is 0.946. The number of hydroxylamine groups is 2. The zero-order valence-corrected chi connectivity index (χ0v) is 18.1. The molecule has 1 fully saturated rings. The average Bonchev–Trinajstić information content (AvgIpc) is 3.39. The van der Waals surface area contributed by atoms with Gasteiger partial charge in [-0.15, -0.1) is 5.06 Å². The van der Waals surface area contributed by atoms with Crippen molar-refractivity contribution in [2.45, 2.75) is 25.4 Å². The van der Waals surface area contributed by atoms with Crippen LogP contribution in [0.15, 0.2) is 51.7 Å². The molecule has 0 radical (unpaired) electrons. The number of carbonyl (C=O) groups excluding carboxylic acids is 2. The Hall–Kier alpha value is -3.43. The summed E-state index contributed by atoms with van der Waals surface area (Å²) in [5, 5.41) is 1.62. The fraction of sp³-hybridized carbons (Fsp3) is 0.375. The lowest BCUT2D eigenvalue weighted by atomic mass is 10.1. The highest BCUT2D eigenvalue weighted by Gasteiger charge is 2.27. The zero-order valence-electron chi connectivity index (χ0n) is 18.1. The third-order valence-electron chi connectivity index (χ3n) is 6.21. The average molecular weight is 451 g/mol. The minimum Gasteiger partial charge on any atom is -0.429 e. The maximum Gasteiger partial charge on any atom is 0.528 e. The lowest BCUT2D eigenvalue weighted by Crippen LogP contribution is -2.47. The van der Waals surface area contributed by atoms with Crippen LogP contribution in [-0.4, -0.2) is 65.7 Å². The fourth-order valence-corrected chi connectivity index (χ4v) is 4.43. The Balaban J connectivity index is 1.03. The SMILES string of the molecule is O=C(OC1Cc2ccccc2C1)ON1CCN(CCC(=O)c2ccc3[nH]c(=O)oc3c2)CC1. The summed E-state index contributed by atoms with van der Waals surface area (Å²) < 4.78 is 10.5. The van der Waals surface area contributed by atoms with Gasteiger partial charge in [-0.05, 0) is 29.3 Å². The van der Waals surface area contributed by atoms with Crippen LogP contribution in [0.5, 0.6) is 0 Å². The van der Waals surface area contributed by atoms with E-state index in [-0.39, 0.29) is 11.9 Å². The highest BCUT2D eigenvalue weighted by molar-refractivity contribution is 5.98. The standard InChI is InChI=1S/C24H25N3O6/c28-21(18-5-6-20-22(15-18)32-23(29)25-20)7-8-26-9-11-27(12-10-26)33-24(30)31-19-13-16-3-1-2-4-17(16)14-19/h1-6,15,19H,7-14H2,(H,25,29). The van der Waals surface area contributed by atoms with Crippen molar-refractivity contribution in [2.75, 3.05) is 32.7 Å². The van der Waals surface area contributed by atoms with Gasteiger partial charge in [0.1, 0.15) is 6.10 Å². The summed E-state index contributed by atoms with van der Waals surface area (Å²) in [6, 6.07) is 13.1. The van der Waals surface area contributed by atoms with Gasteiger partial charge in [-0.1, -0.05) is 24.3 Å². The van der Waals surface area contributed by atoms with Gasteiger partial charge >= 0.3 is 11.9 Å². The largest absolute Gasteiger partial charge is 0.528 e. The highest BCUT2D eigenvalue weighted by Crippen LogP contribution is 2.24. The van der Waals surface area contributed by atoms with Gasteiger partial charge in [-0.25, -0.2) is 9.59 Å². The number of nitrogens with one attached hydrogen (secondary N) is 1. The van der Waals surface area contributed by atoms with Crippen molar-refractivity contribution >= 4 is 23.0 Å². The van der Waals surface area contributed by atoms with E-state index in [0.29, 0.717) is 55.8 Å². The number of Topliss-reactive ketones (excluding diaryl/α,β-unsaturated/α-hetero) is 1. The zero-order chi connectivity index (χ0) is 22.8. The van der Waals surface area contributed by atoms with E-state index in [2.05, 4.69) is 22.0 Å². The Bertz CT molecular complexity index is 1200. The molecule has 0 bridgehead atoms. The summed E-state index contributed by atoms with van der Waals surface area (Å²) >= 11 is 0. The number of aromatic amines is 1. The predicted octanol–water partition coefficient (Wildman–Crippen LogP) is 2.55. The van der Waals surface area contributed by atoms with E-state index >= 15 is 0 Å². The second-order valence-corrected chi connectivity index (χ2v) is 8.43. The van der Waals surface area contributed by atoms with Crippen LogP contribution < -0.4 is 5.76 Å². The fourth-order valence-electron chi connectivity index (χ4n) is 4.43. The molecule has 3 aromatic rings. The van der Waals surface area contributed by atoms with Gasteiger partial charge in [-0.2, -0.15) is 0 Å². The van der Waals surface area contributed by atoms with Crippen LogP contribution in [0.2, 0.25) is 0 Å². The lowest BCUT2D eigenvalue weighted by molar-refractivity contribution is -0.151. The molecular formula is C24H25N3O6. The van der Waals surface area contributed by atoms with Crippen molar-refractivity contribution in [2.24, 2.45) is 0 Å². The number of ketones is 1. The van der Waals surface area contributed by atoms with Gasteiger partial charge in [0.2, 0.25) is 0 Å². The first kappa shape index (κ1) is 21.4. The first-order valence-corrected chi connectivity index (χ1v) is 11.1. The number of rotatable bonds is 6. The maximum atomic E-state index is 12.5. The molecule has 33 heavy (non-hydrogen) atoms. The number of hydrogen-bond donors (Lipinski definition) is 1. The van der Waals surface area contributed by atoms with E-state index in [1.54, 1.807) is 23.3 Å². The Labute approximate surface area is 189 Å². The number of carbonyl (C=O) groups is 2. The van der Waals surface area contributed by atoms with Crippen LogP contribution in [0.1, 0.15) is 27.9 Å². The number of aromatic nitrogens is 1. The van der Waals surface area contributed by atoms with E-state index in [9.17, 15) is 14.4 Å². The van der Waals surface area contributed by atoms with Gasteiger partial charge in [0.15, 0.2) is 11.4 Å². The van der Waals surface area contributed by atoms with E-state index < -0.39 is 11.9 Å². The molecule has 2 aromatic carbocycles.